The summed E-state index contributed by atoms with van der Waals surface area (Å²) in [6.07, 6.45) is 0.861. The van der Waals surface area contributed by atoms with Crippen LogP contribution in [0.3, 0.4) is 0 Å². The van der Waals surface area contributed by atoms with Gasteiger partial charge >= 0.3 is 0 Å². The Hall–Kier alpha value is -1.42. The monoisotopic (exact) mass is 280 g/mol. The topological polar surface area (TPSA) is 52.0 Å². The van der Waals surface area contributed by atoms with E-state index < -0.39 is 0 Å². The van der Waals surface area contributed by atoms with E-state index in [2.05, 4.69) is 0 Å². The molecular formula is C15H18ClFN2. The first kappa shape index (κ1) is 15.6. The molecule has 0 radical (unpaired) electrons. The molecule has 0 aliphatic heterocycles. The quantitative estimate of drug-likeness (QED) is 0.908. The molecule has 0 amide bonds. The third kappa shape index (κ3) is 5.39. The smallest absolute Gasteiger partial charge is 0.127 e. The molecule has 0 saturated carbocycles. The molecule has 0 fully saturated rings. The number of hydrogen-bond acceptors (Lipinski definition) is 2. The summed E-state index contributed by atoms with van der Waals surface area (Å²) in [6.45, 7) is 0.927. The van der Waals surface area contributed by atoms with Crippen LogP contribution >= 0.6 is 11.6 Å². The molecule has 2 nitrogen and oxygen atoms in total. The highest BCUT2D eigenvalue weighted by Crippen LogP contribution is 2.14. The van der Waals surface area contributed by atoms with Crippen LogP contribution in [0.4, 0.5) is 4.39 Å². The van der Waals surface area contributed by atoms with Crippen molar-refractivity contribution in [1.29, 1.82) is 0 Å². The zero-order valence-electron chi connectivity index (χ0n) is 10.7. The first-order chi connectivity index (χ1) is 9.19. The maximum absolute atomic E-state index is 12.5. The van der Waals surface area contributed by atoms with Gasteiger partial charge in [-0.3, -0.25) is 0 Å². The van der Waals surface area contributed by atoms with E-state index in [1.165, 1.54) is 6.07 Å². The number of halogens is 2. The Balaban J connectivity index is 0.000000191. The molecule has 19 heavy (non-hydrogen) atoms. The molecule has 0 unspecified atom stereocenters. The lowest BCUT2D eigenvalue weighted by atomic mass is 10.1. The van der Waals surface area contributed by atoms with Crippen molar-refractivity contribution in [3.05, 3.63) is 70.5 Å². The van der Waals surface area contributed by atoms with Gasteiger partial charge in [0.15, 0.2) is 0 Å². The maximum atomic E-state index is 12.5. The van der Waals surface area contributed by atoms with Crippen molar-refractivity contribution in [2.24, 2.45) is 11.5 Å². The van der Waals surface area contributed by atoms with Crippen molar-refractivity contribution < 1.29 is 4.39 Å². The summed E-state index contributed by atoms with van der Waals surface area (Å²) in [7, 11) is 0. The summed E-state index contributed by atoms with van der Waals surface area (Å²) in [4.78, 5) is 0. The lowest BCUT2D eigenvalue weighted by Crippen LogP contribution is -2.02. The highest BCUT2D eigenvalue weighted by Gasteiger charge is 1.95. The van der Waals surface area contributed by atoms with E-state index in [0.717, 1.165) is 17.0 Å². The molecule has 0 aliphatic carbocycles. The van der Waals surface area contributed by atoms with Gasteiger partial charge in [-0.2, -0.15) is 0 Å². The van der Waals surface area contributed by atoms with Crippen LogP contribution in [0.25, 0.3) is 0 Å². The molecule has 0 bridgehead atoms. The normalized spacial score (nSPS) is 9.68. The number of rotatable bonds is 3. The average Bonchev–Trinajstić information content (AvgIpc) is 2.43. The average molecular weight is 281 g/mol. The molecule has 2 aromatic carbocycles. The predicted molar refractivity (Wildman–Crippen MR) is 78.5 cm³/mol. The van der Waals surface area contributed by atoms with Crippen LogP contribution in [-0.4, -0.2) is 6.54 Å². The predicted octanol–water partition coefficient (Wildman–Crippen LogP) is 3.13. The van der Waals surface area contributed by atoms with Crippen LogP contribution < -0.4 is 11.5 Å². The van der Waals surface area contributed by atoms with Crippen LogP contribution in [0.15, 0.2) is 48.5 Å². The summed E-state index contributed by atoms with van der Waals surface area (Å²) in [5.41, 5.74) is 12.3. The molecule has 0 atom stereocenters. The fourth-order valence-corrected chi connectivity index (χ4v) is 1.75. The molecule has 4 heteroatoms. The zero-order chi connectivity index (χ0) is 14.1. The van der Waals surface area contributed by atoms with Gasteiger partial charge in [-0.25, -0.2) is 4.39 Å². The summed E-state index contributed by atoms with van der Waals surface area (Å²) in [5, 5.41) is 0.813. The van der Waals surface area contributed by atoms with E-state index in [0.29, 0.717) is 12.1 Å². The van der Waals surface area contributed by atoms with Gasteiger partial charge in [-0.15, -0.1) is 0 Å². The van der Waals surface area contributed by atoms with Crippen molar-refractivity contribution in [2.75, 3.05) is 6.54 Å². The van der Waals surface area contributed by atoms with Crippen LogP contribution in [0, 0.1) is 5.82 Å². The van der Waals surface area contributed by atoms with Crippen molar-refractivity contribution in [2.45, 2.75) is 13.0 Å². The standard InChI is InChI=1S/C8H10ClN.C7H8FN/c9-8-4-2-1-3-7(8)5-6-10;8-7-4-2-1-3-6(7)5-9/h1-4H,5-6,10H2;1-4H,5,9H2. The third-order valence-electron chi connectivity index (χ3n) is 2.55. The second kappa shape index (κ2) is 8.64. The Bertz CT molecular complexity index is 503. The summed E-state index contributed by atoms with van der Waals surface area (Å²) < 4.78 is 12.5. The summed E-state index contributed by atoms with van der Waals surface area (Å²) in [6, 6.07) is 14.3. The highest BCUT2D eigenvalue weighted by molar-refractivity contribution is 6.31. The minimum absolute atomic E-state index is 0.222. The van der Waals surface area contributed by atoms with E-state index in [4.69, 9.17) is 23.1 Å². The Labute approximate surface area is 118 Å². The minimum atomic E-state index is -0.222. The molecular weight excluding hydrogens is 263 g/mol. The van der Waals surface area contributed by atoms with Crippen LogP contribution in [0.2, 0.25) is 5.02 Å². The van der Waals surface area contributed by atoms with Gasteiger partial charge in [-0.05, 0) is 30.7 Å². The Morgan fingerprint density at radius 1 is 0.895 bits per heavy atom. The van der Waals surface area contributed by atoms with Gasteiger partial charge in [0.05, 0.1) is 0 Å². The van der Waals surface area contributed by atoms with Crippen molar-refractivity contribution in [1.82, 2.24) is 0 Å². The van der Waals surface area contributed by atoms with Crippen LogP contribution in [0.1, 0.15) is 11.1 Å². The first-order valence-electron chi connectivity index (χ1n) is 6.06. The van der Waals surface area contributed by atoms with E-state index >= 15 is 0 Å². The second-order valence-corrected chi connectivity index (χ2v) is 4.33. The minimum Gasteiger partial charge on any atom is -0.330 e. The van der Waals surface area contributed by atoms with Gasteiger partial charge < -0.3 is 11.5 Å². The second-order valence-electron chi connectivity index (χ2n) is 3.93. The van der Waals surface area contributed by atoms with Crippen molar-refractivity contribution in [3.8, 4) is 0 Å². The number of hydrogen-bond donors (Lipinski definition) is 2. The van der Waals surface area contributed by atoms with Gasteiger partial charge in [0.2, 0.25) is 0 Å². The first-order valence-corrected chi connectivity index (χ1v) is 6.43. The van der Waals surface area contributed by atoms with Gasteiger partial charge in [0.25, 0.3) is 0 Å². The van der Waals surface area contributed by atoms with Gasteiger partial charge in [-0.1, -0.05) is 48.0 Å². The largest absolute Gasteiger partial charge is 0.330 e. The number of nitrogens with two attached hydrogens (primary N) is 2. The summed E-state index contributed by atoms with van der Waals surface area (Å²) >= 11 is 5.85. The molecule has 2 aromatic rings. The van der Waals surface area contributed by atoms with Crippen LogP contribution in [0.5, 0.6) is 0 Å². The van der Waals surface area contributed by atoms with Crippen molar-refractivity contribution in [3.63, 3.8) is 0 Å². The van der Waals surface area contributed by atoms with E-state index in [-0.39, 0.29) is 12.4 Å². The lowest BCUT2D eigenvalue weighted by Gasteiger charge is -1.99. The Kier molecular flexibility index (Phi) is 7.11. The molecule has 0 spiro atoms. The van der Waals surface area contributed by atoms with E-state index in [1.807, 2.05) is 24.3 Å². The Morgan fingerprint density at radius 3 is 1.95 bits per heavy atom. The molecule has 0 aromatic heterocycles. The molecule has 4 N–H and O–H groups in total. The number of benzene rings is 2. The molecule has 2 rings (SSSR count). The van der Waals surface area contributed by atoms with Gasteiger partial charge in [0, 0.05) is 17.1 Å². The zero-order valence-corrected chi connectivity index (χ0v) is 11.4. The molecule has 0 saturated heterocycles. The highest BCUT2D eigenvalue weighted by atomic mass is 35.5. The van der Waals surface area contributed by atoms with E-state index in [1.54, 1.807) is 18.2 Å². The van der Waals surface area contributed by atoms with E-state index in [9.17, 15) is 4.39 Å². The molecule has 102 valence electrons. The maximum Gasteiger partial charge on any atom is 0.127 e. The third-order valence-corrected chi connectivity index (χ3v) is 2.92. The van der Waals surface area contributed by atoms with Gasteiger partial charge in [0.1, 0.15) is 5.82 Å². The molecule has 0 heterocycles. The van der Waals surface area contributed by atoms with Crippen LogP contribution in [-0.2, 0) is 13.0 Å². The Morgan fingerprint density at radius 2 is 1.47 bits per heavy atom. The SMILES string of the molecule is NCCc1ccccc1Cl.NCc1ccccc1F. The lowest BCUT2D eigenvalue weighted by molar-refractivity contribution is 0.610. The fourth-order valence-electron chi connectivity index (χ4n) is 1.52. The molecule has 0 aliphatic rings. The summed E-state index contributed by atoms with van der Waals surface area (Å²) in [5.74, 6) is -0.222. The fraction of sp³-hybridized carbons (Fsp3) is 0.200. The van der Waals surface area contributed by atoms with Crippen molar-refractivity contribution >= 4 is 11.6 Å².